The molecule has 0 radical (unpaired) electrons. The van der Waals surface area contributed by atoms with Gasteiger partial charge in [0.15, 0.2) is 5.76 Å². The van der Waals surface area contributed by atoms with Crippen molar-refractivity contribution in [3.63, 3.8) is 0 Å². The fraction of sp³-hybridized carbons (Fsp3) is 0.111. The summed E-state index contributed by atoms with van der Waals surface area (Å²) in [6.07, 6.45) is 0. The number of hydrogen-bond donors (Lipinski definition) is 1. The zero-order valence-corrected chi connectivity index (χ0v) is 14.5. The first-order valence-corrected chi connectivity index (χ1v) is 8.09. The van der Waals surface area contributed by atoms with E-state index in [9.17, 15) is 4.79 Å². The van der Waals surface area contributed by atoms with Gasteiger partial charge in [0.25, 0.3) is 5.91 Å². The molecule has 1 amide bonds. The summed E-state index contributed by atoms with van der Waals surface area (Å²) >= 11 is 3.37. The second-order valence-corrected chi connectivity index (χ2v) is 5.93. The fourth-order valence-electron chi connectivity index (χ4n) is 2.21. The zero-order chi connectivity index (χ0) is 16.9. The Morgan fingerprint density at radius 2 is 2.00 bits per heavy atom. The molecule has 0 atom stereocenters. The minimum atomic E-state index is -0.218. The van der Waals surface area contributed by atoms with Crippen LogP contribution in [0.25, 0.3) is 11.3 Å². The van der Waals surface area contributed by atoms with Gasteiger partial charge >= 0.3 is 0 Å². The molecule has 1 aromatic heterocycles. The summed E-state index contributed by atoms with van der Waals surface area (Å²) in [6.45, 7) is 0.277. The van der Waals surface area contributed by atoms with Crippen molar-refractivity contribution in [2.75, 3.05) is 7.11 Å². The molecule has 0 bridgehead atoms. The molecule has 122 valence electrons. The molecule has 0 saturated carbocycles. The highest BCUT2D eigenvalue weighted by atomic mass is 79.9. The summed E-state index contributed by atoms with van der Waals surface area (Å²) in [5.74, 6) is 1.07. The van der Waals surface area contributed by atoms with E-state index in [0.717, 1.165) is 5.56 Å². The van der Waals surface area contributed by atoms with E-state index in [4.69, 9.17) is 9.26 Å². The molecule has 0 aliphatic rings. The quantitative estimate of drug-likeness (QED) is 0.718. The topological polar surface area (TPSA) is 64.4 Å². The van der Waals surface area contributed by atoms with Crippen molar-refractivity contribution in [2.45, 2.75) is 6.54 Å². The summed E-state index contributed by atoms with van der Waals surface area (Å²) in [4.78, 5) is 12.3. The Bertz CT molecular complexity index is 846. The lowest BCUT2D eigenvalue weighted by molar-refractivity contribution is 0.0949. The van der Waals surface area contributed by atoms with Gasteiger partial charge in [-0.3, -0.25) is 4.79 Å². The highest BCUT2D eigenvalue weighted by molar-refractivity contribution is 9.10. The van der Waals surface area contributed by atoms with Crippen LogP contribution in [-0.2, 0) is 6.54 Å². The third kappa shape index (κ3) is 3.65. The van der Waals surface area contributed by atoms with Crippen molar-refractivity contribution in [2.24, 2.45) is 0 Å². The van der Waals surface area contributed by atoms with E-state index in [1.807, 2.05) is 36.4 Å². The summed E-state index contributed by atoms with van der Waals surface area (Å²) in [5, 5.41) is 6.81. The standard InChI is InChI=1S/C18H15BrN2O3/c1-23-14-7-8-16(19)15(10-14)18(22)20-11-13-9-17(24-21-13)12-5-3-2-4-6-12/h2-10H,11H2,1H3,(H,20,22). The molecule has 0 unspecified atom stereocenters. The number of amides is 1. The number of rotatable bonds is 5. The van der Waals surface area contributed by atoms with Gasteiger partial charge in [0.1, 0.15) is 11.4 Å². The van der Waals surface area contributed by atoms with Crippen LogP contribution in [0.2, 0.25) is 0 Å². The molecule has 5 nitrogen and oxygen atoms in total. The smallest absolute Gasteiger partial charge is 0.252 e. The van der Waals surface area contributed by atoms with Gasteiger partial charge in [-0.2, -0.15) is 0 Å². The largest absolute Gasteiger partial charge is 0.497 e. The summed E-state index contributed by atoms with van der Waals surface area (Å²) in [5.41, 5.74) is 2.10. The van der Waals surface area contributed by atoms with Crippen LogP contribution in [0.5, 0.6) is 5.75 Å². The minimum absolute atomic E-state index is 0.218. The van der Waals surface area contributed by atoms with Crippen LogP contribution in [0.4, 0.5) is 0 Å². The zero-order valence-electron chi connectivity index (χ0n) is 13.0. The summed E-state index contributed by atoms with van der Waals surface area (Å²) in [6, 6.07) is 16.7. The Morgan fingerprint density at radius 1 is 1.21 bits per heavy atom. The van der Waals surface area contributed by atoms with Crippen molar-refractivity contribution in [3.05, 3.63) is 70.3 Å². The average Bonchev–Trinajstić information content (AvgIpc) is 3.10. The first kappa shape index (κ1) is 16.3. The lowest BCUT2D eigenvalue weighted by Crippen LogP contribution is -2.23. The number of halogens is 1. The molecule has 0 spiro atoms. The molecule has 3 rings (SSSR count). The van der Waals surface area contributed by atoms with Crippen LogP contribution in [0, 0.1) is 0 Å². The summed E-state index contributed by atoms with van der Waals surface area (Å²) in [7, 11) is 1.56. The van der Waals surface area contributed by atoms with Crippen LogP contribution < -0.4 is 10.1 Å². The van der Waals surface area contributed by atoms with E-state index in [2.05, 4.69) is 26.4 Å². The maximum absolute atomic E-state index is 12.3. The van der Waals surface area contributed by atoms with Gasteiger partial charge in [-0.25, -0.2) is 0 Å². The third-order valence-electron chi connectivity index (χ3n) is 3.47. The number of aromatic nitrogens is 1. The van der Waals surface area contributed by atoms with Gasteiger partial charge in [0.05, 0.1) is 19.2 Å². The maximum Gasteiger partial charge on any atom is 0.252 e. The normalized spacial score (nSPS) is 10.4. The Hall–Kier alpha value is -2.60. The number of nitrogens with zero attached hydrogens (tertiary/aromatic N) is 1. The number of hydrogen-bond acceptors (Lipinski definition) is 4. The van der Waals surface area contributed by atoms with Crippen LogP contribution >= 0.6 is 15.9 Å². The van der Waals surface area contributed by atoms with Crippen LogP contribution in [0.3, 0.4) is 0 Å². The minimum Gasteiger partial charge on any atom is -0.497 e. The van der Waals surface area contributed by atoms with Crippen molar-refractivity contribution < 1.29 is 14.1 Å². The van der Waals surface area contributed by atoms with E-state index in [0.29, 0.717) is 27.2 Å². The Kier molecular flexibility index (Phi) is 4.96. The number of nitrogens with one attached hydrogen (secondary N) is 1. The molecular weight excluding hydrogens is 372 g/mol. The van der Waals surface area contributed by atoms with Gasteiger partial charge in [-0.05, 0) is 34.1 Å². The first-order chi connectivity index (χ1) is 11.7. The van der Waals surface area contributed by atoms with E-state index in [1.54, 1.807) is 25.3 Å². The Balaban J connectivity index is 1.68. The molecule has 0 aliphatic heterocycles. The number of benzene rings is 2. The van der Waals surface area contributed by atoms with Crippen molar-refractivity contribution >= 4 is 21.8 Å². The molecule has 1 N–H and O–H groups in total. The van der Waals surface area contributed by atoms with Crippen molar-refractivity contribution in [1.82, 2.24) is 10.5 Å². The number of methoxy groups -OCH3 is 1. The van der Waals surface area contributed by atoms with E-state index >= 15 is 0 Å². The number of ether oxygens (including phenoxy) is 1. The number of carbonyl (C=O) groups excluding carboxylic acids is 1. The predicted octanol–water partition coefficient (Wildman–Crippen LogP) is 4.04. The highest BCUT2D eigenvalue weighted by Gasteiger charge is 2.13. The monoisotopic (exact) mass is 386 g/mol. The van der Waals surface area contributed by atoms with Gasteiger partial charge in [-0.1, -0.05) is 35.5 Å². The Labute approximate surface area is 147 Å². The van der Waals surface area contributed by atoms with Crippen molar-refractivity contribution in [1.29, 1.82) is 0 Å². The second-order valence-electron chi connectivity index (χ2n) is 5.08. The number of carbonyl (C=O) groups is 1. The third-order valence-corrected chi connectivity index (χ3v) is 4.16. The van der Waals surface area contributed by atoms with E-state index in [1.165, 1.54) is 0 Å². The molecule has 0 fully saturated rings. The molecule has 0 saturated heterocycles. The average molecular weight is 387 g/mol. The molecular formula is C18H15BrN2O3. The molecule has 3 aromatic rings. The lowest BCUT2D eigenvalue weighted by Gasteiger charge is -2.07. The molecule has 1 heterocycles. The molecule has 6 heteroatoms. The summed E-state index contributed by atoms with van der Waals surface area (Å²) < 4.78 is 11.2. The molecule has 2 aromatic carbocycles. The Morgan fingerprint density at radius 3 is 2.75 bits per heavy atom. The van der Waals surface area contributed by atoms with Gasteiger partial charge in [0.2, 0.25) is 0 Å². The lowest BCUT2D eigenvalue weighted by atomic mass is 10.1. The van der Waals surface area contributed by atoms with Crippen LogP contribution in [-0.4, -0.2) is 18.2 Å². The molecule has 0 aliphatic carbocycles. The fourth-order valence-corrected chi connectivity index (χ4v) is 2.63. The van der Waals surface area contributed by atoms with Gasteiger partial charge in [-0.15, -0.1) is 0 Å². The maximum atomic E-state index is 12.3. The van der Waals surface area contributed by atoms with E-state index in [-0.39, 0.29) is 12.5 Å². The predicted molar refractivity (Wildman–Crippen MR) is 93.8 cm³/mol. The van der Waals surface area contributed by atoms with Gasteiger partial charge < -0.3 is 14.6 Å². The van der Waals surface area contributed by atoms with Crippen LogP contribution in [0.15, 0.2) is 63.6 Å². The van der Waals surface area contributed by atoms with Gasteiger partial charge in [0, 0.05) is 16.1 Å². The van der Waals surface area contributed by atoms with Crippen molar-refractivity contribution in [3.8, 4) is 17.1 Å². The SMILES string of the molecule is COc1ccc(Br)c(C(=O)NCc2cc(-c3ccccc3)on2)c1. The highest BCUT2D eigenvalue weighted by Crippen LogP contribution is 2.23. The molecule has 24 heavy (non-hydrogen) atoms. The van der Waals surface area contributed by atoms with Crippen LogP contribution in [0.1, 0.15) is 16.1 Å². The first-order valence-electron chi connectivity index (χ1n) is 7.30. The van der Waals surface area contributed by atoms with E-state index < -0.39 is 0 Å². The second kappa shape index (κ2) is 7.31.